The van der Waals surface area contributed by atoms with Gasteiger partial charge in [-0.05, 0) is 47.8 Å². The number of methoxy groups -OCH3 is 1. The van der Waals surface area contributed by atoms with Crippen molar-refractivity contribution in [2.24, 2.45) is 0 Å². The van der Waals surface area contributed by atoms with Gasteiger partial charge in [0.15, 0.2) is 20.4 Å². The molecule has 1 saturated heterocycles. The Morgan fingerprint density at radius 1 is 0.750 bits per heavy atom. The van der Waals surface area contributed by atoms with E-state index in [0.717, 1.165) is 22.8 Å². The first-order chi connectivity index (χ1) is 24.9. The van der Waals surface area contributed by atoms with Gasteiger partial charge in [-0.15, -0.1) is 0 Å². The largest absolute Gasteiger partial charge is 0.463 e. The van der Waals surface area contributed by atoms with Gasteiger partial charge in [-0.2, -0.15) is 0 Å². The van der Waals surface area contributed by atoms with E-state index in [9.17, 15) is 9.59 Å². The maximum Gasteiger partial charge on any atom is 0.330 e. The lowest BCUT2D eigenvalue weighted by Gasteiger charge is -2.45. The van der Waals surface area contributed by atoms with Crippen LogP contribution in [0.25, 0.3) is 0 Å². The Morgan fingerprint density at radius 2 is 1.23 bits per heavy atom. The molecule has 6 atom stereocenters. The van der Waals surface area contributed by atoms with E-state index >= 15 is 0 Å². The van der Waals surface area contributed by atoms with Crippen molar-refractivity contribution in [1.29, 1.82) is 0 Å². The minimum Gasteiger partial charge on any atom is -0.463 e. The Labute approximate surface area is 310 Å². The molecule has 4 rings (SSSR count). The van der Waals surface area contributed by atoms with E-state index in [2.05, 4.69) is 33.9 Å². The van der Waals surface area contributed by atoms with Crippen LogP contribution in [0.2, 0.25) is 18.1 Å². The molecular weight excluding hydrogens is 677 g/mol. The third-order valence-corrected chi connectivity index (χ3v) is 13.7. The summed E-state index contributed by atoms with van der Waals surface area (Å²) in [6, 6.07) is 29.6. The van der Waals surface area contributed by atoms with Crippen molar-refractivity contribution < 1.29 is 42.4 Å². The molecule has 0 N–H and O–H groups in total. The summed E-state index contributed by atoms with van der Waals surface area (Å²) in [6.07, 6.45) is 1.22. The number of carbonyl (C=O) groups is 2. The van der Waals surface area contributed by atoms with E-state index in [1.54, 1.807) is 26.2 Å². The highest BCUT2D eigenvalue weighted by molar-refractivity contribution is 6.74. The number of ketones is 1. The molecule has 1 fully saturated rings. The van der Waals surface area contributed by atoms with Crippen molar-refractivity contribution >= 4 is 20.1 Å². The van der Waals surface area contributed by atoms with Crippen LogP contribution < -0.4 is 0 Å². The summed E-state index contributed by atoms with van der Waals surface area (Å²) in [7, 11) is -0.901. The van der Waals surface area contributed by atoms with E-state index < -0.39 is 56.9 Å². The van der Waals surface area contributed by atoms with Gasteiger partial charge in [0.1, 0.15) is 30.5 Å². The molecule has 0 aromatic heterocycles. The molecular formula is C42H54O9Si. The first-order valence-corrected chi connectivity index (χ1v) is 20.7. The highest BCUT2D eigenvalue weighted by atomic mass is 28.4. The molecule has 0 unspecified atom stereocenters. The van der Waals surface area contributed by atoms with Crippen molar-refractivity contribution in [1.82, 2.24) is 0 Å². The molecule has 52 heavy (non-hydrogen) atoms. The molecule has 3 aromatic carbocycles. The predicted molar refractivity (Wildman–Crippen MR) is 203 cm³/mol. The van der Waals surface area contributed by atoms with Crippen LogP contribution in [0.5, 0.6) is 0 Å². The lowest BCUT2D eigenvalue weighted by Crippen LogP contribution is -2.60. The summed E-state index contributed by atoms with van der Waals surface area (Å²) in [4.78, 5) is 25.8. The quantitative estimate of drug-likeness (QED) is 0.0563. The number of hydrogen-bond donors (Lipinski definition) is 0. The average molecular weight is 731 g/mol. The van der Waals surface area contributed by atoms with Gasteiger partial charge in [0.25, 0.3) is 0 Å². The second-order valence-electron chi connectivity index (χ2n) is 14.2. The van der Waals surface area contributed by atoms with E-state index in [1.165, 1.54) is 6.08 Å². The fourth-order valence-corrected chi connectivity index (χ4v) is 6.55. The summed E-state index contributed by atoms with van der Waals surface area (Å²) in [6.45, 7) is 13.2. The second kappa shape index (κ2) is 19.9. The first kappa shape index (κ1) is 41.0. The number of rotatable bonds is 18. The van der Waals surface area contributed by atoms with Gasteiger partial charge in [-0.1, -0.05) is 124 Å². The van der Waals surface area contributed by atoms with E-state index in [0.29, 0.717) is 13.2 Å². The summed E-state index contributed by atoms with van der Waals surface area (Å²) in [5.41, 5.74) is 2.95. The van der Waals surface area contributed by atoms with Crippen molar-refractivity contribution in [2.45, 2.75) is 102 Å². The monoisotopic (exact) mass is 730 g/mol. The first-order valence-electron chi connectivity index (χ1n) is 17.8. The lowest BCUT2D eigenvalue weighted by molar-refractivity contribution is -0.309. The molecule has 1 aliphatic rings. The Bertz CT molecular complexity index is 1570. The zero-order valence-corrected chi connectivity index (χ0v) is 32.4. The van der Waals surface area contributed by atoms with Gasteiger partial charge < -0.3 is 32.8 Å². The Balaban J connectivity index is 1.72. The maximum absolute atomic E-state index is 13.6. The molecule has 0 saturated carbocycles. The molecule has 10 heteroatoms. The second-order valence-corrected chi connectivity index (χ2v) is 18.9. The van der Waals surface area contributed by atoms with Gasteiger partial charge in [-0.25, -0.2) is 4.79 Å². The molecule has 0 amide bonds. The van der Waals surface area contributed by atoms with Crippen LogP contribution >= 0.6 is 0 Å². The van der Waals surface area contributed by atoms with Gasteiger partial charge >= 0.3 is 5.97 Å². The van der Waals surface area contributed by atoms with Gasteiger partial charge in [-0.3, -0.25) is 4.79 Å². The highest BCUT2D eigenvalue weighted by Crippen LogP contribution is 2.38. The minimum atomic E-state index is -2.47. The third kappa shape index (κ3) is 12.2. The maximum atomic E-state index is 13.6. The summed E-state index contributed by atoms with van der Waals surface area (Å²) < 4.78 is 44.1. The van der Waals surface area contributed by atoms with Crippen LogP contribution in [-0.4, -0.2) is 70.6 Å². The minimum absolute atomic E-state index is 0.187. The fraction of sp³-hybridized carbons (Fsp3) is 0.429. The third-order valence-electron chi connectivity index (χ3n) is 9.27. The summed E-state index contributed by atoms with van der Waals surface area (Å²) >= 11 is 0. The van der Waals surface area contributed by atoms with Crippen molar-refractivity contribution in [3.8, 4) is 0 Å². The average Bonchev–Trinajstić information content (AvgIpc) is 3.14. The lowest BCUT2D eigenvalue weighted by atomic mass is 9.96. The molecule has 1 heterocycles. The predicted octanol–water partition coefficient (Wildman–Crippen LogP) is 7.75. The number of benzene rings is 3. The molecule has 9 nitrogen and oxygen atoms in total. The molecule has 0 bridgehead atoms. The molecule has 0 spiro atoms. The van der Waals surface area contributed by atoms with Gasteiger partial charge in [0.2, 0.25) is 0 Å². The van der Waals surface area contributed by atoms with Crippen molar-refractivity contribution in [3.05, 3.63) is 132 Å². The normalized spacial score (nSPS) is 21.7. The number of carbonyl (C=O) groups excluding carboxylic acids is 2. The Hall–Kier alpha value is -3.74. The van der Waals surface area contributed by atoms with E-state index in [1.807, 2.05) is 91.0 Å². The number of ether oxygens (including phenoxy) is 6. The molecule has 1 aliphatic heterocycles. The Kier molecular flexibility index (Phi) is 15.7. The van der Waals surface area contributed by atoms with Crippen LogP contribution in [0.1, 0.15) is 44.4 Å². The summed E-state index contributed by atoms with van der Waals surface area (Å²) in [5.74, 6) is -0.991. The van der Waals surface area contributed by atoms with Crippen LogP contribution in [0.15, 0.2) is 115 Å². The molecule has 280 valence electrons. The fourth-order valence-electron chi connectivity index (χ4n) is 5.37. The zero-order chi connectivity index (χ0) is 37.6. The highest BCUT2D eigenvalue weighted by Gasteiger charge is 2.48. The van der Waals surface area contributed by atoms with E-state index in [4.69, 9.17) is 32.8 Å². The molecule has 0 radical (unpaired) electrons. The standard InChI is InChI=1S/C42H54O9Si/c1-8-46-37(44)27-24-34(43)35(51-52(6,7)42(2,3)4)25-26-36-38(47-28-31-18-12-9-13-19-31)39(48-29-32-20-14-10-15-21-32)40(41(45-5)50-36)49-30-33-22-16-11-17-23-33/h9-27,35-36,38-41H,8,28-30H2,1-7H3/b26-25+,27-24+/t35-,36-,38-,39+,40-,41+/m1/s1. The topological polar surface area (TPSA) is 98.8 Å². The van der Waals surface area contributed by atoms with Crippen LogP contribution in [0.4, 0.5) is 0 Å². The van der Waals surface area contributed by atoms with Gasteiger partial charge in [0.05, 0.1) is 26.4 Å². The van der Waals surface area contributed by atoms with Crippen molar-refractivity contribution in [2.75, 3.05) is 13.7 Å². The van der Waals surface area contributed by atoms with E-state index in [-0.39, 0.29) is 18.3 Å². The zero-order valence-electron chi connectivity index (χ0n) is 31.4. The Morgan fingerprint density at radius 3 is 1.69 bits per heavy atom. The van der Waals surface area contributed by atoms with Crippen LogP contribution in [0, 0.1) is 0 Å². The van der Waals surface area contributed by atoms with Crippen molar-refractivity contribution in [3.63, 3.8) is 0 Å². The summed E-state index contributed by atoms with van der Waals surface area (Å²) in [5, 5.41) is -0.187. The SMILES string of the molecule is CCOC(=O)/C=C/C(=O)[C@@H](/C=C/[C@H]1O[C@H](OC)[C@H](OCc2ccccc2)[C@@H](OCc2ccccc2)[C@@H]1OCc1ccccc1)O[Si](C)(C)C(C)(C)C. The molecule has 3 aromatic rings. The number of hydrogen-bond acceptors (Lipinski definition) is 9. The molecule has 0 aliphatic carbocycles. The smallest absolute Gasteiger partial charge is 0.330 e. The van der Waals surface area contributed by atoms with Crippen LogP contribution in [-0.2, 0) is 62.3 Å². The number of esters is 1. The van der Waals surface area contributed by atoms with Crippen LogP contribution in [0.3, 0.4) is 0 Å². The van der Waals surface area contributed by atoms with Gasteiger partial charge in [0, 0.05) is 13.2 Å².